The molecule has 2 spiro atoms. The molecule has 9 heteroatoms. The number of epoxide rings is 1. The molecule has 0 aromatic rings. The van der Waals surface area contributed by atoms with Crippen LogP contribution in [0, 0.1) is 28.6 Å². The number of aliphatic hydroxyl groups is 1. The monoisotopic (exact) mass is 466 g/mol. The van der Waals surface area contributed by atoms with Gasteiger partial charge in [0.1, 0.15) is 11.7 Å². The molecular weight excluding hydrogens is 432 g/mol. The predicted molar refractivity (Wildman–Crippen MR) is 111 cm³/mol. The summed E-state index contributed by atoms with van der Waals surface area (Å²) in [5.41, 5.74) is -2.18. The average molecular weight is 467 g/mol. The molecule has 6 aliphatic rings. The highest BCUT2D eigenvalue weighted by Gasteiger charge is 2.83. The number of carbonyl (C=O) groups excluding carboxylic acids is 3. The van der Waals surface area contributed by atoms with Crippen molar-refractivity contribution in [3.05, 3.63) is 0 Å². The topological polar surface area (TPSA) is 121 Å². The number of esters is 3. The number of hydrogen-bond acceptors (Lipinski definition) is 9. The summed E-state index contributed by atoms with van der Waals surface area (Å²) in [5, 5.41) is 11.4. The first-order valence-electron chi connectivity index (χ1n) is 12.0. The van der Waals surface area contributed by atoms with Crippen LogP contribution in [-0.4, -0.2) is 66.4 Å². The smallest absolute Gasteiger partial charge is 0.309 e. The normalized spacial score (nSPS) is 50.0. The zero-order chi connectivity index (χ0) is 23.8. The van der Waals surface area contributed by atoms with Crippen molar-refractivity contribution in [1.29, 1.82) is 0 Å². The van der Waals surface area contributed by atoms with Crippen molar-refractivity contribution in [3.63, 3.8) is 0 Å². The van der Waals surface area contributed by atoms with Crippen molar-refractivity contribution < 1.29 is 43.2 Å². The third-order valence-electron chi connectivity index (χ3n) is 9.41. The minimum Gasteiger partial charge on any atom is -0.465 e. The van der Waals surface area contributed by atoms with Crippen molar-refractivity contribution in [3.8, 4) is 0 Å². The summed E-state index contributed by atoms with van der Waals surface area (Å²) in [6.45, 7) is 7.70. The quantitative estimate of drug-likeness (QED) is 0.367. The van der Waals surface area contributed by atoms with E-state index in [-0.39, 0.29) is 29.8 Å². The molecule has 0 aromatic carbocycles. The van der Waals surface area contributed by atoms with Crippen LogP contribution in [-0.2, 0) is 38.1 Å². The molecular formula is C24H34O9. The lowest BCUT2D eigenvalue weighted by molar-refractivity contribution is -0.381. The number of cyclic esters (lactones) is 1. The van der Waals surface area contributed by atoms with Crippen molar-refractivity contribution in [2.24, 2.45) is 28.6 Å². The lowest BCUT2D eigenvalue weighted by Crippen LogP contribution is -2.78. The lowest BCUT2D eigenvalue weighted by atomic mass is 9.40. The number of fused-ring (bicyclic) bond motifs is 1. The molecule has 0 unspecified atom stereocenters. The van der Waals surface area contributed by atoms with Crippen LogP contribution in [0.1, 0.15) is 59.8 Å². The van der Waals surface area contributed by atoms with Gasteiger partial charge in [0, 0.05) is 26.2 Å². The molecule has 184 valence electrons. The van der Waals surface area contributed by atoms with Gasteiger partial charge in [0.25, 0.3) is 0 Å². The van der Waals surface area contributed by atoms with E-state index in [4.69, 9.17) is 23.7 Å². The Balaban J connectivity index is 1.60. The highest BCUT2D eigenvalue weighted by Crippen LogP contribution is 2.73. The summed E-state index contributed by atoms with van der Waals surface area (Å²) in [5.74, 6) is -1.62. The number of hydrogen-bond donors (Lipinski definition) is 1. The van der Waals surface area contributed by atoms with E-state index >= 15 is 0 Å². The maximum Gasteiger partial charge on any atom is 0.309 e. The molecule has 4 heterocycles. The minimum atomic E-state index is -1.22. The number of carbonyl (C=O) groups is 3. The minimum absolute atomic E-state index is 0.112. The molecule has 6 fully saturated rings. The second kappa shape index (κ2) is 7.65. The molecule has 2 bridgehead atoms. The summed E-state index contributed by atoms with van der Waals surface area (Å²) < 4.78 is 28.9. The molecule has 0 amide bonds. The summed E-state index contributed by atoms with van der Waals surface area (Å²) in [7, 11) is 0. The number of rotatable bonds is 5. The first-order valence-corrected chi connectivity index (χ1v) is 12.0. The van der Waals surface area contributed by atoms with E-state index in [0.29, 0.717) is 45.3 Å². The molecule has 6 rings (SSSR count). The Labute approximate surface area is 193 Å². The van der Waals surface area contributed by atoms with Crippen molar-refractivity contribution in [2.45, 2.75) is 90.0 Å². The summed E-state index contributed by atoms with van der Waals surface area (Å²) in [6, 6.07) is 0. The fourth-order valence-electron chi connectivity index (χ4n) is 7.68. The van der Waals surface area contributed by atoms with Crippen molar-refractivity contribution in [2.75, 3.05) is 13.2 Å². The Hall–Kier alpha value is -1.71. The molecule has 33 heavy (non-hydrogen) atoms. The SMILES string of the molecule is CC(=O)O[C@@H]1[C@@H](C)[C@](C)(CC[C@H]2CCOC2=O)[C@H]2C[C@@H]3C[C@]4(CO4)[C@]2([C@@H](O)O3)[C@H]1OC(C)=O. The van der Waals surface area contributed by atoms with Gasteiger partial charge in [-0.2, -0.15) is 0 Å². The zero-order valence-corrected chi connectivity index (χ0v) is 19.7. The first kappa shape index (κ1) is 23.1. The van der Waals surface area contributed by atoms with Gasteiger partial charge >= 0.3 is 17.9 Å². The van der Waals surface area contributed by atoms with Gasteiger partial charge in [-0.05, 0) is 37.0 Å². The highest BCUT2D eigenvalue weighted by atomic mass is 16.7. The van der Waals surface area contributed by atoms with Crippen LogP contribution in [0.4, 0.5) is 0 Å². The highest BCUT2D eigenvalue weighted by molar-refractivity contribution is 5.74. The zero-order valence-electron chi connectivity index (χ0n) is 19.7. The van der Waals surface area contributed by atoms with E-state index in [2.05, 4.69) is 6.92 Å². The Bertz CT molecular complexity index is 853. The standard InChI is InChI=1S/C24H34O9/c1-12-18(31-13(2)25)19(32-14(3)26)24-17(9-16(33-21(24)28)10-23(24)11-30-23)22(12,4)7-5-15-6-8-29-20(15)27/h12,15-19,21,28H,5-11H2,1-4H3/t12-,15+,16-,17-,18-,19+,21+,22+,23+,24+/m1/s1. The molecule has 10 atom stereocenters. The van der Waals surface area contributed by atoms with Gasteiger partial charge in [-0.1, -0.05) is 13.8 Å². The van der Waals surface area contributed by atoms with Crippen LogP contribution >= 0.6 is 0 Å². The second-order valence-electron chi connectivity index (χ2n) is 10.9. The maximum absolute atomic E-state index is 12.3. The van der Waals surface area contributed by atoms with Crippen LogP contribution in [0.5, 0.6) is 0 Å². The summed E-state index contributed by atoms with van der Waals surface area (Å²) in [4.78, 5) is 36.6. The Morgan fingerprint density at radius 2 is 1.91 bits per heavy atom. The van der Waals surface area contributed by atoms with E-state index in [1.165, 1.54) is 13.8 Å². The van der Waals surface area contributed by atoms with E-state index in [1.54, 1.807) is 0 Å². The molecule has 2 saturated carbocycles. The van der Waals surface area contributed by atoms with Crippen LogP contribution < -0.4 is 0 Å². The van der Waals surface area contributed by atoms with Crippen LogP contribution in [0.3, 0.4) is 0 Å². The Kier molecular flexibility index (Phi) is 5.34. The van der Waals surface area contributed by atoms with Crippen LogP contribution in [0.2, 0.25) is 0 Å². The van der Waals surface area contributed by atoms with E-state index < -0.39 is 46.9 Å². The molecule has 1 N–H and O–H groups in total. The maximum atomic E-state index is 12.3. The Morgan fingerprint density at radius 1 is 1.21 bits per heavy atom. The summed E-state index contributed by atoms with van der Waals surface area (Å²) in [6.07, 6.45) is 0.243. The van der Waals surface area contributed by atoms with Crippen molar-refractivity contribution in [1.82, 2.24) is 0 Å². The van der Waals surface area contributed by atoms with Crippen molar-refractivity contribution >= 4 is 17.9 Å². The lowest BCUT2D eigenvalue weighted by Gasteiger charge is -2.69. The van der Waals surface area contributed by atoms with Gasteiger partial charge < -0.3 is 28.8 Å². The second-order valence-corrected chi connectivity index (χ2v) is 10.9. The molecule has 0 radical (unpaired) electrons. The molecule has 4 aliphatic heterocycles. The molecule has 0 aromatic heterocycles. The van der Waals surface area contributed by atoms with Crippen LogP contribution in [0.15, 0.2) is 0 Å². The average Bonchev–Trinajstić information content (AvgIpc) is 3.37. The van der Waals surface area contributed by atoms with E-state index in [9.17, 15) is 19.5 Å². The Morgan fingerprint density at radius 3 is 2.48 bits per heavy atom. The summed E-state index contributed by atoms with van der Waals surface area (Å²) >= 11 is 0. The van der Waals surface area contributed by atoms with Gasteiger partial charge in [0.15, 0.2) is 12.4 Å². The fraction of sp³-hybridized carbons (Fsp3) is 0.875. The van der Waals surface area contributed by atoms with E-state index in [1.807, 2.05) is 6.92 Å². The van der Waals surface area contributed by atoms with Gasteiger partial charge in [0.2, 0.25) is 0 Å². The molecule has 4 saturated heterocycles. The number of ether oxygens (including phenoxy) is 5. The predicted octanol–water partition coefficient (Wildman–Crippen LogP) is 1.73. The number of aliphatic hydroxyl groups excluding tert-OH is 1. The van der Waals surface area contributed by atoms with Gasteiger partial charge in [-0.3, -0.25) is 14.4 Å². The van der Waals surface area contributed by atoms with Gasteiger partial charge in [-0.25, -0.2) is 0 Å². The fourth-order valence-corrected chi connectivity index (χ4v) is 7.68. The third kappa shape index (κ3) is 3.18. The molecule has 9 nitrogen and oxygen atoms in total. The first-order chi connectivity index (χ1) is 15.5. The van der Waals surface area contributed by atoms with Gasteiger partial charge in [0.05, 0.1) is 30.7 Å². The third-order valence-corrected chi connectivity index (χ3v) is 9.41. The molecule has 2 aliphatic carbocycles. The van der Waals surface area contributed by atoms with E-state index in [0.717, 1.165) is 0 Å². The largest absolute Gasteiger partial charge is 0.465 e. The van der Waals surface area contributed by atoms with Gasteiger partial charge in [-0.15, -0.1) is 0 Å². The van der Waals surface area contributed by atoms with Crippen LogP contribution in [0.25, 0.3) is 0 Å².